The second-order valence-electron chi connectivity index (χ2n) is 3.62. The van der Waals surface area contributed by atoms with Crippen LogP contribution in [0.3, 0.4) is 0 Å². The fourth-order valence-corrected chi connectivity index (χ4v) is 5.10. The van der Waals surface area contributed by atoms with E-state index in [-0.39, 0.29) is 0 Å². The normalized spacial score (nSPS) is 20.6. The van der Waals surface area contributed by atoms with Crippen molar-refractivity contribution in [2.45, 2.75) is 36.2 Å². The van der Waals surface area contributed by atoms with E-state index in [1.807, 2.05) is 6.08 Å². The molecule has 0 amide bonds. The van der Waals surface area contributed by atoms with Crippen LogP contribution in [0.15, 0.2) is 12.7 Å². The van der Waals surface area contributed by atoms with E-state index in [0.29, 0.717) is 10.7 Å². The van der Waals surface area contributed by atoms with E-state index in [2.05, 4.69) is 30.1 Å². The van der Waals surface area contributed by atoms with Gasteiger partial charge >= 0.3 is 0 Å². The summed E-state index contributed by atoms with van der Waals surface area (Å²) in [6.07, 6.45) is 7.79. The Labute approximate surface area is 95.7 Å². The minimum Gasteiger partial charge on any atom is -0.396 e. The predicted octanol–water partition coefficient (Wildman–Crippen LogP) is 3.29. The van der Waals surface area contributed by atoms with Crippen LogP contribution < -0.4 is 0 Å². The van der Waals surface area contributed by atoms with Crippen LogP contribution in [0.5, 0.6) is 0 Å². The molecule has 1 fully saturated rings. The molecule has 0 aliphatic carbocycles. The van der Waals surface area contributed by atoms with E-state index in [4.69, 9.17) is 5.11 Å². The van der Waals surface area contributed by atoms with Crippen LogP contribution in [0.4, 0.5) is 0 Å². The van der Waals surface area contributed by atoms with E-state index < -0.39 is 0 Å². The van der Waals surface area contributed by atoms with Crippen molar-refractivity contribution < 1.29 is 5.11 Å². The minimum atomic E-state index is 0.315. The predicted molar refractivity (Wildman–Crippen MR) is 68.0 cm³/mol. The quantitative estimate of drug-likeness (QED) is 0.560. The topological polar surface area (TPSA) is 20.2 Å². The summed E-state index contributed by atoms with van der Waals surface area (Å²) in [5.41, 5.74) is 0. The Bertz CT molecular complexity index is 159. The van der Waals surface area contributed by atoms with Crippen molar-refractivity contribution in [3.63, 3.8) is 0 Å². The Balaban J connectivity index is 2.38. The van der Waals surface area contributed by atoms with Gasteiger partial charge in [-0.3, -0.25) is 0 Å². The summed E-state index contributed by atoms with van der Waals surface area (Å²) in [6.45, 7) is 4.08. The van der Waals surface area contributed by atoms with Crippen LogP contribution in [0.25, 0.3) is 0 Å². The molecule has 0 atom stereocenters. The first kappa shape index (κ1) is 12.5. The molecule has 0 aromatic heterocycles. The molecule has 3 heteroatoms. The van der Waals surface area contributed by atoms with Gasteiger partial charge in [0, 0.05) is 6.61 Å². The van der Waals surface area contributed by atoms with Crippen LogP contribution in [-0.4, -0.2) is 27.3 Å². The summed E-state index contributed by atoms with van der Waals surface area (Å²) in [4.78, 5) is 0. The average Bonchev–Trinajstić information content (AvgIpc) is 2.20. The summed E-state index contributed by atoms with van der Waals surface area (Å²) in [5, 5.41) is 9.09. The molecule has 0 spiro atoms. The maximum absolute atomic E-state index is 9.09. The van der Waals surface area contributed by atoms with Gasteiger partial charge in [-0.2, -0.15) is 0 Å². The van der Waals surface area contributed by atoms with Gasteiger partial charge in [-0.15, -0.1) is 30.1 Å². The highest BCUT2D eigenvalue weighted by Gasteiger charge is 2.32. The molecule has 1 aliphatic heterocycles. The Morgan fingerprint density at radius 3 is 2.57 bits per heavy atom. The Hall–Kier alpha value is 0.400. The van der Waals surface area contributed by atoms with Crippen LogP contribution in [-0.2, 0) is 0 Å². The third-order valence-corrected chi connectivity index (χ3v) is 6.04. The van der Waals surface area contributed by atoms with Crippen LogP contribution in [0.2, 0.25) is 0 Å². The number of thioether (sulfide) groups is 2. The lowest BCUT2D eigenvalue weighted by atomic mass is 10.1. The Morgan fingerprint density at radius 2 is 2.00 bits per heavy atom. The molecule has 1 rings (SSSR count). The molecule has 0 radical (unpaired) electrons. The largest absolute Gasteiger partial charge is 0.396 e. The van der Waals surface area contributed by atoms with Gasteiger partial charge in [-0.05, 0) is 43.6 Å². The Kier molecular flexibility index (Phi) is 6.06. The van der Waals surface area contributed by atoms with E-state index in [1.165, 1.54) is 30.8 Å². The maximum atomic E-state index is 9.09. The number of rotatable bonds is 6. The summed E-state index contributed by atoms with van der Waals surface area (Å²) >= 11 is 4.11. The van der Waals surface area contributed by atoms with Crippen LogP contribution in [0, 0.1) is 0 Å². The third kappa shape index (κ3) is 3.87. The lowest BCUT2D eigenvalue weighted by Crippen LogP contribution is -2.26. The molecule has 0 unspecified atom stereocenters. The van der Waals surface area contributed by atoms with Gasteiger partial charge < -0.3 is 5.11 Å². The number of aliphatic hydroxyl groups is 1. The van der Waals surface area contributed by atoms with Crippen LogP contribution >= 0.6 is 23.5 Å². The summed E-state index contributed by atoms with van der Waals surface area (Å²) in [6, 6.07) is 0. The fourth-order valence-electron chi connectivity index (χ4n) is 1.72. The Morgan fingerprint density at radius 1 is 1.29 bits per heavy atom. The molecule has 0 aromatic rings. The molecule has 0 aromatic carbocycles. The van der Waals surface area contributed by atoms with Crippen molar-refractivity contribution in [2.24, 2.45) is 0 Å². The summed E-state index contributed by atoms with van der Waals surface area (Å²) in [7, 11) is 0. The van der Waals surface area contributed by atoms with Crippen molar-refractivity contribution >= 4 is 23.5 Å². The molecule has 0 saturated carbocycles. The molecule has 1 heterocycles. The van der Waals surface area contributed by atoms with Crippen molar-refractivity contribution in [1.82, 2.24) is 0 Å². The van der Waals surface area contributed by atoms with E-state index in [9.17, 15) is 0 Å². The van der Waals surface area contributed by atoms with E-state index in [0.717, 1.165) is 12.8 Å². The first-order chi connectivity index (χ1) is 6.83. The zero-order valence-electron chi connectivity index (χ0n) is 8.71. The van der Waals surface area contributed by atoms with Gasteiger partial charge in [0.2, 0.25) is 0 Å². The lowest BCUT2D eigenvalue weighted by Gasteiger charge is -2.35. The van der Waals surface area contributed by atoms with Gasteiger partial charge in [-0.1, -0.05) is 6.08 Å². The second-order valence-corrected chi connectivity index (χ2v) is 6.83. The average molecular weight is 232 g/mol. The molecule has 1 saturated heterocycles. The van der Waals surface area contributed by atoms with Gasteiger partial charge in [0.1, 0.15) is 0 Å². The smallest absolute Gasteiger partial charge is 0.0633 e. The van der Waals surface area contributed by atoms with Gasteiger partial charge in [0.15, 0.2) is 0 Å². The highest BCUT2D eigenvalue weighted by atomic mass is 32.2. The van der Waals surface area contributed by atoms with Crippen molar-refractivity contribution in [1.29, 1.82) is 0 Å². The molecular formula is C11H20OS2. The SMILES string of the molecule is C=CCCCC1(CCO)SCCCS1. The van der Waals surface area contributed by atoms with Gasteiger partial charge in [0.25, 0.3) is 0 Å². The molecule has 1 aliphatic rings. The van der Waals surface area contributed by atoms with E-state index in [1.54, 1.807) is 0 Å². The maximum Gasteiger partial charge on any atom is 0.0633 e. The zero-order valence-corrected chi connectivity index (χ0v) is 10.3. The minimum absolute atomic E-state index is 0.315. The highest BCUT2D eigenvalue weighted by Crippen LogP contribution is 2.47. The van der Waals surface area contributed by atoms with Gasteiger partial charge in [-0.25, -0.2) is 0 Å². The number of hydrogen-bond acceptors (Lipinski definition) is 3. The molecule has 0 bridgehead atoms. The highest BCUT2D eigenvalue weighted by molar-refractivity contribution is 8.18. The first-order valence-electron chi connectivity index (χ1n) is 5.33. The summed E-state index contributed by atoms with van der Waals surface area (Å²) in [5.74, 6) is 2.53. The number of hydrogen-bond donors (Lipinski definition) is 1. The number of unbranched alkanes of at least 4 members (excludes halogenated alkanes) is 1. The molecule has 1 N–H and O–H groups in total. The number of allylic oxidation sites excluding steroid dienone is 1. The molecular weight excluding hydrogens is 212 g/mol. The third-order valence-electron chi connectivity index (χ3n) is 2.48. The lowest BCUT2D eigenvalue weighted by molar-refractivity contribution is 0.280. The van der Waals surface area contributed by atoms with Gasteiger partial charge in [0.05, 0.1) is 4.08 Å². The van der Waals surface area contributed by atoms with Crippen molar-refractivity contribution in [3.8, 4) is 0 Å². The number of aliphatic hydroxyl groups excluding tert-OH is 1. The first-order valence-corrected chi connectivity index (χ1v) is 7.30. The zero-order chi connectivity index (χ0) is 10.3. The van der Waals surface area contributed by atoms with E-state index >= 15 is 0 Å². The second kappa shape index (κ2) is 6.81. The van der Waals surface area contributed by atoms with Crippen LogP contribution in [0.1, 0.15) is 32.1 Å². The molecule has 82 valence electrons. The molecule has 1 nitrogen and oxygen atoms in total. The summed E-state index contributed by atoms with van der Waals surface area (Å²) < 4.78 is 0.315. The van der Waals surface area contributed by atoms with Crippen molar-refractivity contribution in [2.75, 3.05) is 18.1 Å². The monoisotopic (exact) mass is 232 g/mol. The molecule has 14 heavy (non-hydrogen) atoms. The fraction of sp³-hybridized carbons (Fsp3) is 0.818. The van der Waals surface area contributed by atoms with Crippen molar-refractivity contribution in [3.05, 3.63) is 12.7 Å². The standard InChI is InChI=1S/C11H20OS2/c1-2-3-4-6-11(7-8-12)13-9-5-10-14-11/h2,12H,1,3-10H2.